The fraction of sp³-hybridized carbons (Fsp3) is 0.381. The Morgan fingerprint density at radius 2 is 2.14 bits per heavy atom. The zero-order valence-corrected chi connectivity index (χ0v) is 16.7. The summed E-state index contributed by atoms with van der Waals surface area (Å²) in [5.74, 6) is 0.731. The fourth-order valence-corrected chi connectivity index (χ4v) is 3.97. The molecule has 0 bridgehead atoms. The van der Waals surface area contributed by atoms with E-state index in [9.17, 15) is 4.79 Å². The van der Waals surface area contributed by atoms with Crippen LogP contribution in [0.2, 0.25) is 0 Å². The highest BCUT2D eigenvalue weighted by atomic mass is 16.2. The number of hydrogen-bond acceptors (Lipinski definition) is 5. The predicted molar refractivity (Wildman–Crippen MR) is 114 cm³/mol. The van der Waals surface area contributed by atoms with E-state index in [0.717, 1.165) is 34.5 Å². The summed E-state index contributed by atoms with van der Waals surface area (Å²) in [5.41, 5.74) is 11.3. The summed E-state index contributed by atoms with van der Waals surface area (Å²) in [4.78, 5) is 15.7. The van der Waals surface area contributed by atoms with Crippen LogP contribution in [0.1, 0.15) is 37.3 Å². The zero-order valence-electron chi connectivity index (χ0n) is 16.7. The van der Waals surface area contributed by atoms with Gasteiger partial charge in [-0.25, -0.2) is 0 Å². The van der Waals surface area contributed by atoms with E-state index in [4.69, 9.17) is 16.6 Å². The maximum atomic E-state index is 11.9. The van der Waals surface area contributed by atoms with Gasteiger partial charge in [0.05, 0.1) is 6.54 Å². The number of hydrogen-bond donors (Lipinski definition) is 4. The topological polar surface area (TPSA) is 109 Å². The maximum absolute atomic E-state index is 11.9. The summed E-state index contributed by atoms with van der Waals surface area (Å²) < 4.78 is 0. The zero-order chi connectivity index (χ0) is 20.4. The highest BCUT2D eigenvalue weighted by molar-refractivity contribution is 6.11. The lowest BCUT2D eigenvalue weighted by atomic mass is 9.98. The Hall–Kier alpha value is -3.09. The van der Waals surface area contributed by atoms with Gasteiger partial charge in [0, 0.05) is 74.3 Å². The third kappa shape index (κ3) is 3.40. The van der Waals surface area contributed by atoms with Crippen LogP contribution in [0.25, 0.3) is 5.57 Å². The van der Waals surface area contributed by atoms with Crippen molar-refractivity contribution in [1.82, 2.24) is 10.2 Å². The van der Waals surface area contributed by atoms with Crippen molar-refractivity contribution >= 4 is 29.2 Å². The summed E-state index contributed by atoms with van der Waals surface area (Å²) in [5, 5.41) is 19.6. The van der Waals surface area contributed by atoms with Gasteiger partial charge in [-0.1, -0.05) is 13.0 Å². The van der Waals surface area contributed by atoms with Crippen molar-refractivity contribution in [2.75, 3.05) is 31.6 Å². The molecule has 1 aromatic rings. The van der Waals surface area contributed by atoms with Crippen LogP contribution in [0.5, 0.6) is 0 Å². The molecular weight excluding hydrogens is 352 g/mol. The summed E-state index contributed by atoms with van der Waals surface area (Å²) in [6.07, 6.45) is 3.42. The van der Waals surface area contributed by atoms with E-state index in [1.54, 1.807) is 11.8 Å². The molecule has 0 fully saturated rings. The Bertz CT molecular complexity index is 885. The number of amides is 1. The molecule has 7 nitrogen and oxygen atoms in total. The lowest BCUT2D eigenvalue weighted by Gasteiger charge is -2.33. The van der Waals surface area contributed by atoms with Crippen LogP contribution in [0.15, 0.2) is 35.7 Å². The molecule has 28 heavy (non-hydrogen) atoms. The molecule has 0 radical (unpaired) electrons. The second-order valence-electron chi connectivity index (χ2n) is 7.30. The smallest absolute Gasteiger partial charge is 0.219 e. The molecule has 0 aliphatic carbocycles. The summed E-state index contributed by atoms with van der Waals surface area (Å²) in [7, 11) is 1.87. The van der Waals surface area contributed by atoms with Gasteiger partial charge in [0.1, 0.15) is 5.84 Å². The molecule has 5 N–H and O–H groups in total. The molecular formula is C21H28N6O. The number of anilines is 1. The number of carbonyl (C=O) groups excluding carboxylic acids is 1. The van der Waals surface area contributed by atoms with E-state index in [1.165, 1.54) is 12.4 Å². The molecule has 148 valence electrons. The number of amidine groups is 1. The van der Waals surface area contributed by atoms with Gasteiger partial charge in [0.2, 0.25) is 5.91 Å². The van der Waals surface area contributed by atoms with Crippen LogP contribution < -0.4 is 16.0 Å². The normalized spacial score (nSPS) is 19.5. The average molecular weight is 380 g/mol. The van der Waals surface area contributed by atoms with Crippen LogP contribution in [0.3, 0.4) is 0 Å². The molecule has 0 aromatic heterocycles. The van der Waals surface area contributed by atoms with Crippen molar-refractivity contribution in [3.05, 3.63) is 46.8 Å². The molecule has 0 saturated heterocycles. The van der Waals surface area contributed by atoms with Gasteiger partial charge in [-0.15, -0.1) is 0 Å². The average Bonchev–Trinajstić information content (AvgIpc) is 3.04. The standard InChI is InChI=1S/C21H28N6O/c1-13-11-27(20-5-4-15(8-17(13)20)16(9-22)10-23)21(24)18-12-26(14(2)28)7-6-19(18)25-3/h4-5,8-10,13,22,24-25H,6-7,11-12,23H2,1-3H3/b16-10+,22-9?,24-21?/t13-/m0/s1. The van der Waals surface area contributed by atoms with Gasteiger partial charge in [0.25, 0.3) is 0 Å². The second-order valence-corrected chi connectivity index (χ2v) is 7.30. The number of allylic oxidation sites excluding steroid dienone is 1. The highest BCUT2D eigenvalue weighted by Gasteiger charge is 2.32. The molecule has 0 spiro atoms. The van der Waals surface area contributed by atoms with Gasteiger partial charge in [-0.05, 0) is 23.3 Å². The minimum absolute atomic E-state index is 0.0352. The van der Waals surface area contributed by atoms with Gasteiger partial charge >= 0.3 is 0 Å². The first-order valence-corrected chi connectivity index (χ1v) is 9.49. The van der Waals surface area contributed by atoms with E-state index in [0.29, 0.717) is 31.0 Å². The van der Waals surface area contributed by atoms with Crippen LogP contribution in [0.4, 0.5) is 5.69 Å². The number of nitrogens with zero attached hydrogens (tertiary/aromatic N) is 2. The Kier molecular flexibility index (Phi) is 5.53. The van der Waals surface area contributed by atoms with Crippen molar-refractivity contribution in [2.24, 2.45) is 5.73 Å². The minimum atomic E-state index is 0.0352. The number of rotatable bonds is 4. The van der Waals surface area contributed by atoms with Gasteiger partial charge in [-0.3, -0.25) is 10.2 Å². The summed E-state index contributed by atoms with van der Waals surface area (Å²) in [6.45, 7) is 5.56. The van der Waals surface area contributed by atoms with Crippen LogP contribution in [-0.2, 0) is 4.79 Å². The molecule has 0 saturated carbocycles. The lowest BCUT2D eigenvalue weighted by molar-refractivity contribution is -0.128. The van der Waals surface area contributed by atoms with Crippen molar-refractivity contribution in [2.45, 2.75) is 26.2 Å². The summed E-state index contributed by atoms with van der Waals surface area (Å²) >= 11 is 0. The Morgan fingerprint density at radius 1 is 1.39 bits per heavy atom. The number of nitrogens with two attached hydrogens (primary N) is 1. The number of fused-ring (bicyclic) bond motifs is 1. The Balaban J connectivity index is 1.96. The first-order chi connectivity index (χ1) is 13.4. The van der Waals surface area contributed by atoms with E-state index in [-0.39, 0.29) is 11.8 Å². The molecule has 1 aromatic carbocycles. The molecule has 2 aliphatic heterocycles. The second kappa shape index (κ2) is 7.88. The Morgan fingerprint density at radius 3 is 2.75 bits per heavy atom. The van der Waals surface area contributed by atoms with E-state index in [1.807, 2.05) is 24.1 Å². The van der Waals surface area contributed by atoms with E-state index < -0.39 is 0 Å². The molecule has 2 heterocycles. The molecule has 3 rings (SSSR count). The quantitative estimate of drug-likeness (QED) is 0.474. The molecule has 2 aliphatic rings. The van der Waals surface area contributed by atoms with E-state index >= 15 is 0 Å². The molecule has 7 heteroatoms. The van der Waals surface area contributed by atoms with Gasteiger partial charge < -0.3 is 26.3 Å². The monoisotopic (exact) mass is 380 g/mol. The van der Waals surface area contributed by atoms with Crippen molar-refractivity contribution < 1.29 is 4.79 Å². The molecule has 1 atom stereocenters. The van der Waals surface area contributed by atoms with Crippen LogP contribution >= 0.6 is 0 Å². The van der Waals surface area contributed by atoms with Crippen molar-refractivity contribution in [1.29, 1.82) is 10.8 Å². The van der Waals surface area contributed by atoms with Gasteiger partial charge in [0.15, 0.2) is 0 Å². The number of benzene rings is 1. The van der Waals surface area contributed by atoms with Crippen LogP contribution in [-0.4, -0.2) is 49.5 Å². The van der Waals surface area contributed by atoms with Crippen molar-refractivity contribution in [3.8, 4) is 0 Å². The molecule has 1 amide bonds. The minimum Gasteiger partial charge on any atom is -0.404 e. The largest absolute Gasteiger partial charge is 0.404 e. The Labute approximate surface area is 165 Å². The number of nitrogens with one attached hydrogen (secondary N) is 3. The number of carbonyl (C=O) groups is 1. The van der Waals surface area contributed by atoms with E-state index in [2.05, 4.69) is 18.3 Å². The van der Waals surface area contributed by atoms with Gasteiger partial charge in [-0.2, -0.15) is 0 Å². The highest BCUT2D eigenvalue weighted by Crippen LogP contribution is 2.39. The predicted octanol–water partition coefficient (Wildman–Crippen LogP) is 2.26. The molecule has 0 unspecified atom stereocenters. The maximum Gasteiger partial charge on any atom is 0.219 e. The third-order valence-electron chi connectivity index (χ3n) is 5.62. The van der Waals surface area contributed by atoms with Crippen LogP contribution in [0, 0.1) is 10.8 Å². The summed E-state index contributed by atoms with van der Waals surface area (Å²) in [6, 6.07) is 6.00. The fourth-order valence-electron chi connectivity index (χ4n) is 3.97. The SMILES string of the molecule is CNC1=C(C(=N)N2C[C@H](C)c3cc(/C(C=N)=C/N)ccc32)CN(C(C)=O)CC1. The third-order valence-corrected chi connectivity index (χ3v) is 5.62. The lowest BCUT2D eigenvalue weighted by Crippen LogP contribution is -2.43. The first kappa shape index (κ1) is 19.7. The van der Waals surface area contributed by atoms with Crippen molar-refractivity contribution in [3.63, 3.8) is 0 Å². The first-order valence-electron chi connectivity index (χ1n) is 9.49.